The van der Waals surface area contributed by atoms with Crippen LogP contribution < -0.4 is 14.5 Å². The molecule has 1 aromatic carbocycles. The maximum atomic E-state index is 14.7. The van der Waals surface area contributed by atoms with E-state index in [2.05, 4.69) is 15.9 Å². The van der Waals surface area contributed by atoms with E-state index in [4.69, 9.17) is 14.7 Å². The minimum Gasteiger partial charge on any atom is -0.494 e. The Labute approximate surface area is 198 Å². The first-order chi connectivity index (χ1) is 16.5. The zero-order chi connectivity index (χ0) is 23.4. The van der Waals surface area contributed by atoms with Gasteiger partial charge in [0, 0.05) is 68.7 Å². The van der Waals surface area contributed by atoms with E-state index >= 15 is 0 Å². The molecule has 1 spiro atoms. The lowest BCUT2D eigenvalue weighted by Crippen LogP contribution is -2.60. The summed E-state index contributed by atoms with van der Waals surface area (Å²) in [6.07, 6.45) is 5.07. The van der Waals surface area contributed by atoms with Crippen LogP contribution in [0, 0.1) is 11.2 Å². The Hall–Kier alpha value is -3.42. The molecule has 0 aliphatic carbocycles. The van der Waals surface area contributed by atoms with Gasteiger partial charge in [-0.15, -0.1) is 0 Å². The smallest absolute Gasteiger partial charge is 0.232 e. The highest BCUT2D eigenvalue weighted by atomic mass is 19.1. The largest absolute Gasteiger partial charge is 0.494 e. The molecular weight excluding hydrogens is 433 g/mol. The van der Waals surface area contributed by atoms with Crippen molar-refractivity contribution in [1.29, 1.82) is 0 Å². The van der Waals surface area contributed by atoms with Crippen molar-refractivity contribution in [2.45, 2.75) is 19.3 Å². The molecule has 1 unspecified atom stereocenters. The van der Waals surface area contributed by atoms with Crippen LogP contribution in [0.15, 0.2) is 36.5 Å². The second kappa shape index (κ2) is 7.82. The molecule has 3 fully saturated rings. The lowest BCUT2D eigenvalue weighted by Gasteiger charge is -2.44. The number of likely N-dealkylation sites (tertiary alicyclic amines) is 1. The fraction of sp³-hybridized carbons (Fsp3) is 0.423. The van der Waals surface area contributed by atoms with Gasteiger partial charge in [0.05, 0.1) is 23.7 Å². The van der Waals surface area contributed by atoms with Crippen LogP contribution in [0.4, 0.5) is 15.9 Å². The van der Waals surface area contributed by atoms with Gasteiger partial charge in [-0.25, -0.2) is 14.4 Å². The number of rotatable bonds is 4. The molecule has 5 heterocycles. The number of ether oxygens (including phenoxy) is 1. The highest BCUT2D eigenvalue weighted by Gasteiger charge is 2.54. The number of anilines is 2. The molecule has 176 valence electrons. The number of nitrogens with zero attached hydrogens (tertiary/aromatic N) is 5. The standard InChI is InChI=1S/C26H28FN5O2/c1-30-15-26(25(30)33)7-10-32(16-26)22-12-20(29-21-13-23(34-2)19(27)11-18(21)22)17-5-6-24(28-14-17)31-8-3-4-9-31/h5-6,11-14H,3-4,7-10,15-16H2,1-2H3. The van der Waals surface area contributed by atoms with Crippen LogP contribution in [-0.2, 0) is 4.79 Å². The number of hydrogen-bond donors (Lipinski definition) is 0. The molecule has 3 aliphatic rings. The third kappa shape index (κ3) is 3.27. The molecule has 3 aliphatic heterocycles. The molecule has 3 saturated heterocycles. The van der Waals surface area contributed by atoms with Gasteiger partial charge in [0.25, 0.3) is 0 Å². The minimum atomic E-state index is -0.421. The monoisotopic (exact) mass is 461 g/mol. The zero-order valence-corrected chi connectivity index (χ0v) is 19.6. The number of amides is 1. The van der Waals surface area contributed by atoms with Gasteiger partial charge >= 0.3 is 0 Å². The summed E-state index contributed by atoms with van der Waals surface area (Å²) in [7, 11) is 3.30. The summed E-state index contributed by atoms with van der Waals surface area (Å²) in [6, 6.07) is 9.25. The number of fused-ring (bicyclic) bond motifs is 1. The van der Waals surface area contributed by atoms with Gasteiger partial charge in [0.1, 0.15) is 5.82 Å². The molecular formula is C26H28FN5O2. The molecule has 1 amide bonds. The van der Waals surface area contributed by atoms with Crippen LogP contribution in [0.2, 0.25) is 0 Å². The van der Waals surface area contributed by atoms with E-state index in [1.165, 1.54) is 26.0 Å². The lowest BCUT2D eigenvalue weighted by atomic mass is 9.78. The highest BCUT2D eigenvalue weighted by Crippen LogP contribution is 2.44. The van der Waals surface area contributed by atoms with E-state index in [0.717, 1.165) is 60.7 Å². The SMILES string of the molecule is COc1cc2nc(-c3ccc(N4CCCC4)nc3)cc(N3CCC4(CN(C)C4=O)C3)c2cc1F. The molecule has 7 nitrogen and oxygen atoms in total. The second-order valence-electron chi connectivity index (χ2n) is 9.74. The van der Waals surface area contributed by atoms with E-state index < -0.39 is 5.82 Å². The van der Waals surface area contributed by atoms with Crippen LogP contribution in [0.5, 0.6) is 5.75 Å². The van der Waals surface area contributed by atoms with Gasteiger partial charge in [0.2, 0.25) is 5.91 Å². The summed E-state index contributed by atoms with van der Waals surface area (Å²) in [6.45, 7) is 4.23. The van der Waals surface area contributed by atoms with Gasteiger partial charge in [-0.3, -0.25) is 4.79 Å². The normalized spacial score (nSPS) is 22.2. The Balaban J connectivity index is 1.42. The van der Waals surface area contributed by atoms with Gasteiger partial charge in [-0.05, 0) is 43.5 Å². The molecule has 0 bridgehead atoms. The number of halogens is 1. The maximum absolute atomic E-state index is 14.7. The second-order valence-corrected chi connectivity index (χ2v) is 9.74. The number of carbonyl (C=O) groups is 1. The average molecular weight is 462 g/mol. The Kier molecular flexibility index (Phi) is 4.86. The van der Waals surface area contributed by atoms with E-state index in [9.17, 15) is 9.18 Å². The summed E-state index contributed by atoms with van der Waals surface area (Å²) in [5.41, 5.74) is 2.91. The maximum Gasteiger partial charge on any atom is 0.232 e. The fourth-order valence-electron chi connectivity index (χ4n) is 5.74. The van der Waals surface area contributed by atoms with Crippen LogP contribution >= 0.6 is 0 Å². The Bertz CT molecular complexity index is 1270. The topological polar surface area (TPSA) is 61.8 Å². The Morgan fingerprint density at radius 1 is 1.06 bits per heavy atom. The summed E-state index contributed by atoms with van der Waals surface area (Å²) in [5.74, 6) is 0.929. The van der Waals surface area contributed by atoms with Gasteiger partial charge in [-0.1, -0.05) is 0 Å². The highest BCUT2D eigenvalue weighted by molar-refractivity contribution is 5.96. The molecule has 34 heavy (non-hydrogen) atoms. The Morgan fingerprint density at radius 2 is 1.88 bits per heavy atom. The number of methoxy groups -OCH3 is 1. The number of hydrogen-bond acceptors (Lipinski definition) is 6. The van der Waals surface area contributed by atoms with Crippen LogP contribution in [0.1, 0.15) is 19.3 Å². The predicted molar refractivity (Wildman–Crippen MR) is 130 cm³/mol. The molecule has 0 saturated carbocycles. The predicted octanol–water partition coefficient (Wildman–Crippen LogP) is 3.71. The van der Waals surface area contributed by atoms with Crippen LogP contribution in [-0.4, -0.2) is 67.7 Å². The summed E-state index contributed by atoms with van der Waals surface area (Å²) in [5, 5.41) is 0.723. The van der Waals surface area contributed by atoms with E-state index in [0.29, 0.717) is 12.1 Å². The molecule has 0 radical (unpaired) electrons. The molecule has 8 heteroatoms. The van der Waals surface area contributed by atoms with Gasteiger partial charge in [0.15, 0.2) is 11.6 Å². The van der Waals surface area contributed by atoms with Crippen molar-refractivity contribution in [2.24, 2.45) is 5.41 Å². The van der Waals surface area contributed by atoms with Gasteiger partial charge in [-0.2, -0.15) is 0 Å². The van der Waals surface area contributed by atoms with Crippen molar-refractivity contribution in [2.75, 3.05) is 56.7 Å². The summed E-state index contributed by atoms with van der Waals surface area (Å²) < 4.78 is 19.9. The van der Waals surface area contributed by atoms with Crippen LogP contribution in [0.3, 0.4) is 0 Å². The van der Waals surface area contributed by atoms with E-state index in [1.54, 1.807) is 11.0 Å². The molecule has 2 aromatic heterocycles. The van der Waals surface area contributed by atoms with Crippen molar-refractivity contribution in [3.8, 4) is 17.0 Å². The zero-order valence-electron chi connectivity index (χ0n) is 19.6. The Morgan fingerprint density at radius 3 is 2.56 bits per heavy atom. The van der Waals surface area contributed by atoms with Gasteiger partial charge < -0.3 is 19.4 Å². The quantitative estimate of drug-likeness (QED) is 0.552. The first kappa shape index (κ1) is 21.1. The average Bonchev–Trinajstić information content (AvgIpc) is 3.55. The number of β-lactam (4-membered cyclic amide) rings is 1. The minimum absolute atomic E-state index is 0.166. The third-order valence-corrected chi connectivity index (χ3v) is 7.57. The number of pyridine rings is 2. The number of benzene rings is 1. The number of carbonyl (C=O) groups excluding carboxylic acids is 1. The molecule has 1 atom stereocenters. The number of aromatic nitrogens is 2. The lowest BCUT2D eigenvalue weighted by molar-refractivity contribution is -0.155. The van der Waals surface area contributed by atoms with E-state index in [-0.39, 0.29) is 17.1 Å². The first-order valence-electron chi connectivity index (χ1n) is 11.9. The molecule has 6 rings (SSSR count). The summed E-state index contributed by atoms with van der Waals surface area (Å²) in [4.78, 5) is 28.4. The summed E-state index contributed by atoms with van der Waals surface area (Å²) >= 11 is 0. The fourth-order valence-corrected chi connectivity index (χ4v) is 5.74. The third-order valence-electron chi connectivity index (χ3n) is 7.57. The van der Waals surface area contributed by atoms with Crippen molar-refractivity contribution < 1.29 is 13.9 Å². The molecule has 3 aromatic rings. The van der Waals surface area contributed by atoms with Crippen molar-refractivity contribution in [1.82, 2.24) is 14.9 Å². The van der Waals surface area contributed by atoms with Crippen molar-refractivity contribution >= 4 is 28.3 Å². The van der Waals surface area contributed by atoms with Crippen molar-refractivity contribution in [3.05, 3.63) is 42.3 Å². The van der Waals surface area contributed by atoms with Crippen molar-refractivity contribution in [3.63, 3.8) is 0 Å². The first-order valence-corrected chi connectivity index (χ1v) is 11.9. The molecule has 0 N–H and O–H groups in total. The van der Waals surface area contributed by atoms with Crippen LogP contribution in [0.25, 0.3) is 22.2 Å². The van der Waals surface area contributed by atoms with E-state index in [1.807, 2.05) is 25.4 Å².